The van der Waals surface area contributed by atoms with E-state index in [1.54, 1.807) is 4.90 Å². The van der Waals surface area contributed by atoms with Gasteiger partial charge in [-0.05, 0) is 123 Å². The van der Waals surface area contributed by atoms with Crippen molar-refractivity contribution >= 4 is 5.91 Å². The number of carbonyl (C=O) groups is 1. The van der Waals surface area contributed by atoms with Crippen LogP contribution in [0.4, 0.5) is 0 Å². The number of fused-ring (bicyclic) bond motifs is 7. The highest BCUT2D eigenvalue weighted by Crippen LogP contribution is 2.70. The van der Waals surface area contributed by atoms with Crippen molar-refractivity contribution in [3.8, 4) is 0 Å². The first-order valence-electron chi connectivity index (χ1n) is 17.0. The first-order chi connectivity index (χ1) is 19.5. The Kier molecular flexibility index (Phi) is 8.16. The van der Waals surface area contributed by atoms with Gasteiger partial charge in [0.2, 0.25) is 5.91 Å². The lowest BCUT2D eigenvalue weighted by Gasteiger charge is -2.61. The lowest BCUT2D eigenvalue weighted by Crippen LogP contribution is -2.54. The Labute approximate surface area is 250 Å². The molecule has 0 radical (unpaired) electrons. The third-order valence-electron chi connectivity index (χ3n) is 13.6. The predicted molar refractivity (Wildman–Crippen MR) is 165 cm³/mol. The fourth-order valence-corrected chi connectivity index (χ4v) is 11.3. The van der Waals surface area contributed by atoms with Crippen LogP contribution < -0.4 is 0 Å². The van der Waals surface area contributed by atoms with E-state index in [4.69, 9.17) is 9.47 Å². The van der Waals surface area contributed by atoms with Crippen molar-refractivity contribution < 1.29 is 14.3 Å². The molecular weight excluding hydrogens is 506 g/mol. The molecular formula is C37H57NO3. The van der Waals surface area contributed by atoms with E-state index in [-0.39, 0.29) is 11.8 Å². The van der Waals surface area contributed by atoms with Crippen LogP contribution >= 0.6 is 0 Å². The summed E-state index contributed by atoms with van der Waals surface area (Å²) in [6.45, 7) is 12.8. The Morgan fingerprint density at radius 2 is 1.76 bits per heavy atom. The number of rotatable bonds is 7. The maximum Gasteiger partial charge on any atom is 0.224 e. The Morgan fingerprint density at radius 3 is 2.49 bits per heavy atom. The number of ether oxygens (including phenoxy) is 2. The fourth-order valence-electron chi connectivity index (χ4n) is 11.3. The number of nitrogens with zero attached hydrogens (tertiary/aromatic N) is 1. The van der Waals surface area contributed by atoms with E-state index in [0.717, 1.165) is 43.1 Å². The van der Waals surface area contributed by atoms with E-state index in [1.165, 1.54) is 62.5 Å². The van der Waals surface area contributed by atoms with E-state index < -0.39 is 0 Å². The molecule has 4 nitrogen and oxygen atoms in total. The fraction of sp³-hybridized carbons (Fsp3) is 0.811. The molecule has 4 saturated carbocycles. The van der Waals surface area contributed by atoms with Gasteiger partial charge in [0, 0.05) is 20.0 Å². The highest BCUT2D eigenvalue weighted by molar-refractivity contribution is 5.77. The van der Waals surface area contributed by atoms with Crippen LogP contribution in [0.5, 0.6) is 0 Å². The monoisotopic (exact) mass is 563 g/mol. The van der Waals surface area contributed by atoms with E-state index in [0.29, 0.717) is 41.0 Å². The molecule has 6 rings (SSSR count). The smallest absolute Gasteiger partial charge is 0.224 e. The molecule has 1 amide bonds. The molecule has 4 heteroatoms. The van der Waals surface area contributed by atoms with E-state index in [2.05, 4.69) is 58.9 Å². The van der Waals surface area contributed by atoms with Crippen molar-refractivity contribution in [1.82, 2.24) is 4.90 Å². The third-order valence-corrected chi connectivity index (χ3v) is 13.6. The molecule has 1 aromatic rings. The lowest BCUT2D eigenvalue weighted by molar-refractivity contribution is -0.139. The third kappa shape index (κ3) is 5.22. The van der Waals surface area contributed by atoms with Crippen LogP contribution in [-0.2, 0) is 20.9 Å². The van der Waals surface area contributed by atoms with Crippen molar-refractivity contribution in [3.05, 3.63) is 35.4 Å². The molecule has 5 aliphatic rings. The number of carbonyl (C=O) groups excluding carboxylic acids is 1. The Bertz CT molecular complexity index is 1080. The van der Waals surface area contributed by atoms with Gasteiger partial charge in [-0.15, -0.1) is 0 Å². The van der Waals surface area contributed by atoms with Crippen LogP contribution in [0, 0.1) is 59.2 Å². The summed E-state index contributed by atoms with van der Waals surface area (Å²) in [6, 6.07) is 8.85. The van der Waals surface area contributed by atoms with Crippen molar-refractivity contribution in [2.75, 3.05) is 14.1 Å². The Hall–Kier alpha value is -1.39. The average Bonchev–Trinajstić information content (AvgIpc) is 3.43. The molecule has 0 N–H and O–H groups in total. The summed E-state index contributed by atoms with van der Waals surface area (Å²) in [6.07, 6.45) is 13.8. The summed E-state index contributed by atoms with van der Waals surface area (Å²) >= 11 is 0. The van der Waals surface area contributed by atoms with E-state index in [9.17, 15) is 4.79 Å². The van der Waals surface area contributed by atoms with Crippen LogP contribution in [0.2, 0.25) is 0 Å². The van der Waals surface area contributed by atoms with Crippen LogP contribution in [0.15, 0.2) is 24.3 Å². The van der Waals surface area contributed by atoms with Gasteiger partial charge in [0.05, 0.1) is 24.9 Å². The van der Waals surface area contributed by atoms with Crippen molar-refractivity contribution in [2.24, 2.45) is 52.3 Å². The molecule has 0 unspecified atom stereocenters. The van der Waals surface area contributed by atoms with Gasteiger partial charge in [0.25, 0.3) is 0 Å². The van der Waals surface area contributed by atoms with Gasteiger partial charge in [-0.1, -0.05) is 57.5 Å². The molecule has 1 aliphatic heterocycles. The minimum absolute atomic E-state index is 0.0824. The number of benzene rings is 1. The number of amides is 1. The molecule has 0 aromatic heterocycles. The van der Waals surface area contributed by atoms with Gasteiger partial charge >= 0.3 is 0 Å². The summed E-state index contributed by atoms with van der Waals surface area (Å²) in [5, 5.41) is 0. The molecule has 12 atom stereocenters. The van der Waals surface area contributed by atoms with E-state index in [1.807, 2.05) is 14.1 Å². The van der Waals surface area contributed by atoms with Gasteiger partial charge in [-0.3, -0.25) is 4.79 Å². The molecule has 41 heavy (non-hydrogen) atoms. The summed E-state index contributed by atoms with van der Waals surface area (Å²) < 4.78 is 13.4. The molecule has 5 fully saturated rings. The second-order valence-corrected chi connectivity index (χ2v) is 15.9. The first-order valence-corrected chi connectivity index (χ1v) is 17.0. The molecule has 1 heterocycles. The number of hydrogen-bond acceptors (Lipinski definition) is 3. The molecule has 0 bridgehead atoms. The number of aryl methyl sites for hydroxylation is 1. The molecule has 1 aromatic carbocycles. The normalized spacial score (nSPS) is 43.9. The zero-order valence-corrected chi connectivity index (χ0v) is 27.0. The Balaban J connectivity index is 1.07. The van der Waals surface area contributed by atoms with E-state index >= 15 is 0 Å². The highest BCUT2D eigenvalue weighted by atomic mass is 16.5. The summed E-state index contributed by atoms with van der Waals surface area (Å²) in [5.74, 6) is 5.00. The minimum atomic E-state index is 0.0824. The number of hydrogen-bond donors (Lipinski definition) is 0. The molecule has 4 aliphatic carbocycles. The van der Waals surface area contributed by atoms with Gasteiger partial charge in [0.1, 0.15) is 0 Å². The summed E-state index contributed by atoms with van der Waals surface area (Å²) in [7, 11) is 3.74. The predicted octanol–water partition coefficient (Wildman–Crippen LogP) is 8.06. The zero-order valence-electron chi connectivity index (χ0n) is 27.0. The molecule has 228 valence electrons. The summed E-state index contributed by atoms with van der Waals surface area (Å²) in [5.41, 5.74) is 3.52. The van der Waals surface area contributed by atoms with Crippen molar-refractivity contribution in [3.63, 3.8) is 0 Å². The van der Waals surface area contributed by atoms with Gasteiger partial charge in [0.15, 0.2) is 0 Å². The van der Waals surface area contributed by atoms with Gasteiger partial charge in [-0.25, -0.2) is 0 Å². The van der Waals surface area contributed by atoms with Crippen molar-refractivity contribution in [2.45, 2.75) is 124 Å². The van der Waals surface area contributed by atoms with Gasteiger partial charge < -0.3 is 14.4 Å². The second kappa shape index (κ2) is 11.3. The van der Waals surface area contributed by atoms with Crippen molar-refractivity contribution in [1.29, 1.82) is 0 Å². The maximum atomic E-state index is 12.4. The molecule has 1 saturated heterocycles. The average molecular weight is 564 g/mol. The SMILES string of the molecule is Cc1ccc(CO[C@H]2CC[C@@]3(C)[C@H](CC[C@@H]4[C@@H]3CC[C@]3(C)[C@H]5[C@H](C)[C@@H](CC[C@H](C)C(=O)N(C)C)O[C@H]5C[C@@H]43)C2)cc1. The zero-order chi connectivity index (χ0) is 29.1. The van der Waals surface area contributed by atoms with Gasteiger partial charge in [-0.2, -0.15) is 0 Å². The summed E-state index contributed by atoms with van der Waals surface area (Å²) in [4.78, 5) is 14.2. The quantitative estimate of drug-likeness (QED) is 0.337. The maximum absolute atomic E-state index is 12.4. The first kappa shape index (κ1) is 29.7. The molecule has 0 spiro atoms. The highest BCUT2D eigenvalue weighted by Gasteiger charge is 2.65. The topological polar surface area (TPSA) is 38.8 Å². The largest absolute Gasteiger partial charge is 0.374 e. The van der Waals surface area contributed by atoms with Crippen LogP contribution in [-0.4, -0.2) is 43.2 Å². The van der Waals surface area contributed by atoms with Crippen LogP contribution in [0.3, 0.4) is 0 Å². The van der Waals surface area contributed by atoms with Crippen LogP contribution in [0.25, 0.3) is 0 Å². The standard InChI is InChI=1S/C37H57NO3/c1-23-8-11-26(12-9-23)22-40-28-16-18-36(4)27(20-28)13-14-29-30(36)17-19-37(5)31(29)21-33-34(37)25(3)32(41-33)15-10-24(2)35(39)38(6)7/h8-9,11-12,24-25,27-34H,10,13-22H2,1-7H3/t24-,25+,27+,28-,29+,30-,31-,32+,33-,34-,36-,37-/m0/s1. The minimum Gasteiger partial charge on any atom is -0.374 e. The second-order valence-electron chi connectivity index (χ2n) is 15.9. The lowest BCUT2D eigenvalue weighted by atomic mass is 9.44. The van der Waals surface area contributed by atoms with Crippen LogP contribution in [0.1, 0.15) is 103 Å². The Morgan fingerprint density at radius 1 is 1.02 bits per heavy atom.